The Labute approximate surface area is 168 Å². The zero-order valence-electron chi connectivity index (χ0n) is 17.0. The molecule has 1 aromatic rings. The monoisotopic (exact) mass is 409 g/mol. The highest BCUT2D eigenvalue weighted by Crippen LogP contribution is 2.19. The third kappa shape index (κ3) is 5.78. The summed E-state index contributed by atoms with van der Waals surface area (Å²) >= 11 is 0. The van der Waals surface area contributed by atoms with Gasteiger partial charge in [0.2, 0.25) is 15.9 Å². The molecule has 28 heavy (non-hydrogen) atoms. The van der Waals surface area contributed by atoms with Gasteiger partial charge in [-0.2, -0.15) is 4.31 Å². The van der Waals surface area contributed by atoms with E-state index in [-0.39, 0.29) is 35.8 Å². The molecular weight excluding hydrogens is 378 g/mol. The summed E-state index contributed by atoms with van der Waals surface area (Å²) in [5.41, 5.74) is 0.339. The highest BCUT2D eigenvalue weighted by atomic mass is 32.2. The summed E-state index contributed by atoms with van der Waals surface area (Å²) in [6.45, 7) is 6.85. The van der Waals surface area contributed by atoms with E-state index in [1.54, 1.807) is 17.0 Å². The highest BCUT2D eigenvalue weighted by Gasteiger charge is 2.29. The van der Waals surface area contributed by atoms with Crippen LogP contribution in [0.25, 0.3) is 0 Å². The van der Waals surface area contributed by atoms with Gasteiger partial charge in [0.25, 0.3) is 5.91 Å². The summed E-state index contributed by atoms with van der Waals surface area (Å²) in [5.74, 6) is -0.314. The van der Waals surface area contributed by atoms with Gasteiger partial charge in [-0.05, 0) is 31.5 Å². The van der Waals surface area contributed by atoms with Gasteiger partial charge < -0.3 is 10.2 Å². The van der Waals surface area contributed by atoms with Gasteiger partial charge in [0.15, 0.2) is 0 Å². The number of carbonyl (C=O) groups is 2. The number of unbranched alkanes of at least 4 members (excludes halogenated alkanes) is 2. The molecular formula is C20H31N3O4S. The third-order valence-corrected chi connectivity index (χ3v) is 6.93. The molecule has 0 radical (unpaired) electrons. The van der Waals surface area contributed by atoms with Crippen LogP contribution >= 0.6 is 0 Å². The predicted octanol–water partition coefficient (Wildman–Crippen LogP) is 2.24. The van der Waals surface area contributed by atoms with Gasteiger partial charge >= 0.3 is 0 Å². The Balaban J connectivity index is 2.05. The number of nitrogens with one attached hydrogen (secondary N) is 1. The minimum absolute atomic E-state index is 0.0407. The first-order valence-electron chi connectivity index (χ1n) is 9.92. The predicted molar refractivity (Wildman–Crippen MR) is 109 cm³/mol. The van der Waals surface area contributed by atoms with E-state index >= 15 is 0 Å². The Morgan fingerprint density at radius 2 is 1.82 bits per heavy atom. The zero-order valence-corrected chi connectivity index (χ0v) is 17.8. The molecule has 0 aliphatic carbocycles. The fourth-order valence-corrected chi connectivity index (χ4v) is 4.74. The fraction of sp³-hybridized carbons (Fsp3) is 0.600. The maximum atomic E-state index is 12.9. The zero-order chi connectivity index (χ0) is 20.7. The SMILES string of the molecule is CCCCC[C@@H](C)NC(=O)c1cccc(S(=O)(=O)N2CCN(C(C)=O)CC2)c1. The largest absolute Gasteiger partial charge is 0.350 e. The molecule has 0 unspecified atom stereocenters. The van der Waals surface area contributed by atoms with Gasteiger partial charge in [-0.25, -0.2) is 8.42 Å². The van der Waals surface area contributed by atoms with Gasteiger partial charge in [-0.3, -0.25) is 9.59 Å². The quantitative estimate of drug-likeness (QED) is 0.667. The molecule has 1 aliphatic rings. The van der Waals surface area contributed by atoms with Crippen molar-refractivity contribution in [1.29, 1.82) is 0 Å². The molecule has 1 N–H and O–H groups in total. The van der Waals surface area contributed by atoms with Gasteiger partial charge in [-0.15, -0.1) is 0 Å². The topological polar surface area (TPSA) is 86.8 Å². The standard InChI is InChI=1S/C20H31N3O4S/c1-4-5-6-8-16(2)21-20(25)18-9-7-10-19(15-18)28(26,27)23-13-11-22(12-14-23)17(3)24/h7,9-10,15-16H,4-6,8,11-14H2,1-3H3,(H,21,25)/t16-/m1/s1. The van der Waals surface area contributed by atoms with Gasteiger partial charge in [-0.1, -0.05) is 32.3 Å². The van der Waals surface area contributed by atoms with Crippen molar-refractivity contribution in [3.8, 4) is 0 Å². The Hall–Kier alpha value is -1.93. The van der Waals surface area contributed by atoms with Crippen LogP contribution in [0, 0.1) is 0 Å². The molecule has 8 heteroatoms. The van der Waals surface area contributed by atoms with E-state index in [4.69, 9.17) is 0 Å². The van der Waals surface area contributed by atoms with Gasteiger partial charge in [0.05, 0.1) is 4.90 Å². The lowest BCUT2D eigenvalue weighted by Gasteiger charge is -2.33. The average Bonchev–Trinajstić information content (AvgIpc) is 2.68. The Kier molecular flexibility index (Phi) is 8.00. The summed E-state index contributed by atoms with van der Waals surface area (Å²) in [6.07, 6.45) is 4.21. The lowest BCUT2D eigenvalue weighted by atomic mass is 10.1. The maximum absolute atomic E-state index is 12.9. The van der Waals surface area contributed by atoms with E-state index in [9.17, 15) is 18.0 Å². The lowest BCUT2D eigenvalue weighted by Crippen LogP contribution is -2.49. The minimum Gasteiger partial charge on any atom is -0.350 e. The van der Waals surface area contributed by atoms with Crippen molar-refractivity contribution in [2.45, 2.75) is 57.4 Å². The van der Waals surface area contributed by atoms with Gasteiger partial charge in [0, 0.05) is 44.7 Å². The number of nitrogens with zero attached hydrogens (tertiary/aromatic N) is 2. The van der Waals surface area contributed by atoms with Crippen molar-refractivity contribution in [2.75, 3.05) is 26.2 Å². The normalized spacial score (nSPS) is 16.6. The Morgan fingerprint density at radius 1 is 1.14 bits per heavy atom. The van der Waals surface area contributed by atoms with E-state index < -0.39 is 10.0 Å². The summed E-state index contributed by atoms with van der Waals surface area (Å²) in [5, 5.41) is 2.94. The summed E-state index contributed by atoms with van der Waals surface area (Å²) in [6, 6.07) is 6.20. The van der Waals surface area contributed by atoms with Crippen LogP contribution in [-0.4, -0.2) is 61.7 Å². The van der Waals surface area contributed by atoms with Crippen LogP contribution in [0.3, 0.4) is 0 Å². The van der Waals surface area contributed by atoms with Crippen LogP contribution in [0.2, 0.25) is 0 Å². The second-order valence-electron chi connectivity index (χ2n) is 7.31. The molecule has 0 bridgehead atoms. The van der Waals surface area contributed by atoms with Crippen molar-refractivity contribution in [3.63, 3.8) is 0 Å². The molecule has 1 aromatic carbocycles. The van der Waals surface area contributed by atoms with Crippen molar-refractivity contribution < 1.29 is 18.0 Å². The molecule has 0 aromatic heterocycles. The number of rotatable bonds is 8. The highest BCUT2D eigenvalue weighted by molar-refractivity contribution is 7.89. The van der Waals surface area contributed by atoms with Crippen LogP contribution in [-0.2, 0) is 14.8 Å². The summed E-state index contributed by atoms with van der Waals surface area (Å²) < 4.78 is 27.2. The maximum Gasteiger partial charge on any atom is 0.251 e. The summed E-state index contributed by atoms with van der Waals surface area (Å²) in [4.78, 5) is 25.7. The molecule has 156 valence electrons. The Morgan fingerprint density at radius 3 is 2.43 bits per heavy atom. The molecule has 1 saturated heterocycles. The second kappa shape index (κ2) is 10.0. The molecule has 1 fully saturated rings. The van der Waals surface area contributed by atoms with Crippen molar-refractivity contribution >= 4 is 21.8 Å². The van der Waals surface area contributed by atoms with Crippen LogP contribution < -0.4 is 5.32 Å². The number of amides is 2. The average molecular weight is 410 g/mol. The van der Waals surface area contributed by atoms with Crippen LogP contribution in [0.1, 0.15) is 56.8 Å². The third-order valence-electron chi connectivity index (χ3n) is 5.04. The number of carbonyl (C=O) groups excluding carboxylic acids is 2. The van der Waals surface area contributed by atoms with Crippen molar-refractivity contribution in [1.82, 2.24) is 14.5 Å². The van der Waals surface area contributed by atoms with Crippen molar-refractivity contribution in [3.05, 3.63) is 29.8 Å². The molecule has 0 spiro atoms. The van der Waals surface area contributed by atoms with E-state index in [0.717, 1.165) is 25.7 Å². The van der Waals surface area contributed by atoms with Crippen molar-refractivity contribution in [2.24, 2.45) is 0 Å². The molecule has 2 amide bonds. The van der Waals surface area contributed by atoms with E-state index in [2.05, 4.69) is 12.2 Å². The number of benzene rings is 1. The number of sulfonamides is 1. The second-order valence-corrected chi connectivity index (χ2v) is 9.25. The molecule has 1 heterocycles. The minimum atomic E-state index is -3.70. The first-order valence-corrected chi connectivity index (χ1v) is 11.4. The van der Waals surface area contributed by atoms with Crippen LogP contribution in [0.4, 0.5) is 0 Å². The van der Waals surface area contributed by atoms with E-state index in [1.165, 1.54) is 23.4 Å². The van der Waals surface area contributed by atoms with E-state index in [0.29, 0.717) is 18.7 Å². The summed E-state index contributed by atoms with van der Waals surface area (Å²) in [7, 11) is -3.70. The molecule has 1 aliphatic heterocycles. The molecule has 0 saturated carbocycles. The number of piperazine rings is 1. The van der Waals surface area contributed by atoms with Crippen LogP contribution in [0.15, 0.2) is 29.2 Å². The number of hydrogen-bond acceptors (Lipinski definition) is 4. The molecule has 1 atom stereocenters. The molecule has 7 nitrogen and oxygen atoms in total. The fourth-order valence-electron chi connectivity index (χ4n) is 3.27. The lowest BCUT2D eigenvalue weighted by molar-refractivity contribution is -0.129. The number of hydrogen-bond donors (Lipinski definition) is 1. The van der Waals surface area contributed by atoms with Crippen LogP contribution in [0.5, 0.6) is 0 Å². The first-order chi connectivity index (χ1) is 13.3. The van der Waals surface area contributed by atoms with E-state index in [1.807, 2.05) is 6.92 Å². The first kappa shape index (κ1) is 22.4. The smallest absolute Gasteiger partial charge is 0.251 e. The Bertz CT molecular complexity index is 786. The molecule has 2 rings (SSSR count). The van der Waals surface area contributed by atoms with Gasteiger partial charge in [0.1, 0.15) is 0 Å².